The van der Waals surface area contributed by atoms with Gasteiger partial charge in [0.15, 0.2) is 0 Å². The number of carbonyl (C=O) groups is 1. The number of benzene rings is 1. The fraction of sp³-hybridized carbons (Fsp3) is 0.500. The molecule has 0 saturated carbocycles. The average Bonchev–Trinajstić information content (AvgIpc) is 3.02. The summed E-state index contributed by atoms with van der Waals surface area (Å²) in [5.74, 6) is 0.886. The lowest BCUT2D eigenvalue weighted by Gasteiger charge is -2.22. The standard InChI is InChI=1S/C20H27N3OS/c1-15-20(17-5-3-2-4-6-17)23-19(25-15)11-14-22-18(24)8-7-16-9-12-21-13-10-16/h2-6,16,21H,7-14H2,1H3,(H,22,24). The second-order valence-corrected chi connectivity index (χ2v) is 8.00. The van der Waals surface area contributed by atoms with E-state index in [0.29, 0.717) is 18.9 Å². The summed E-state index contributed by atoms with van der Waals surface area (Å²) in [6, 6.07) is 10.3. The number of amides is 1. The molecule has 1 aliphatic rings. The van der Waals surface area contributed by atoms with Gasteiger partial charge in [0.2, 0.25) is 5.91 Å². The van der Waals surface area contributed by atoms with Gasteiger partial charge in [-0.3, -0.25) is 4.79 Å². The molecule has 1 aliphatic heterocycles. The van der Waals surface area contributed by atoms with Crippen LogP contribution in [0.15, 0.2) is 30.3 Å². The molecule has 134 valence electrons. The van der Waals surface area contributed by atoms with Crippen LogP contribution in [-0.4, -0.2) is 30.5 Å². The molecule has 2 heterocycles. The summed E-state index contributed by atoms with van der Waals surface area (Å²) < 4.78 is 0. The van der Waals surface area contributed by atoms with E-state index in [4.69, 9.17) is 4.98 Å². The molecule has 0 bridgehead atoms. The van der Waals surface area contributed by atoms with Crippen LogP contribution in [0.2, 0.25) is 0 Å². The molecule has 4 nitrogen and oxygen atoms in total. The Morgan fingerprint density at radius 1 is 1.28 bits per heavy atom. The van der Waals surface area contributed by atoms with Crippen LogP contribution in [-0.2, 0) is 11.2 Å². The molecule has 1 aromatic carbocycles. The second-order valence-electron chi connectivity index (χ2n) is 6.71. The molecule has 2 N–H and O–H groups in total. The SMILES string of the molecule is Cc1sc(CCNC(=O)CCC2CCNCC2)nc1-c1ccccc1. The van der Waals surface area contributed by atoms with Crippen molar-refractivity contribution in [1.29, 1.82) is 0 Å². The van der Waals surface area contributed by atoms with E-state index < -0.39 is 0 Å². The van der Waals surface area contributed by atoms with Crippen LogP contribution in [0.25, 0.3) is 11.3 Å². The van der Waals surface area contributed by atoms with Crippen molar-refractivity contribution in [3.8, 4) is 11.3 Å². The Morgan fingerprint density at radius 3 is 2.80 bits per heavy atom. The molecule has 1 amide bonds. The summed E-state index contributed by atoms with van der Waals surface area (Å²) in [5, 5.41) is 7.51. The predicted molar refractivity (Wildman–Crippen MR) is 104 cm³/mol. The van der Waals surface area contributed by atoms with Gasteiger partial charge in [-0.1, -0.05) is 30.3 Å². The van der Waals surface area contributed by atoms with Gasteiger partial charge in [-0.05, 0) is 45.2 Å². The number of carbonyl (C=O) groups excluding carboxylic acids is 1. The van der Waals surface area contributed by atoms with Crippen LogP contribution in [0.4, 0.5) is 0 Å². The number of hydrogen-bond donors (Lipinski definition) is 2. The minimum Gasteiger partial charge on any atom is -0.356 e. The predicted octanol–water partition coefficient (Wildman–Crippen LogP) is 3.56. The van der Waals surface area contributed by atoms with Gasteiger partial charge in [0.25, 0.3) is 0 Å². The van der Waals surface area contributed by atoms with Crippen LogP contribution in [0.3, 0.4) is 0 Å². The second kappa shape index (κ2) is 9.11. The van der Waals surface area contributed by atoms with E-state index >= 15 is 0 Å². The first-order valence-corrected chi connectivity index (χ1v) is 10.0. The third-order valence-electron chi connectivity index (χ3n) is 4.79. The van der Waals surface area contributed by atoms with E-state index in [0.717, 1.165) is 42.2 Å². The number of hydrogen-bond acceptors (Lipinski definition) is 4. The van der Waals surface area contributed by atoms with Crippen molar-refractivity contribution in [3.05, 3.63) is 40.2 Å². The zero-order valence-electron chi connectivity index (χ0n) is 14.9. The van der Waals surface area contributed by atoms with Gasteiger partial charge in [0, 0.05) is 29.8 Å². The fourth-order valence-corrected chi connectivity index (χ4v) is 4.28. The number of aromatic nitrogens is 1. The van der Waals surface area contributed by atoms with Gasteiger partial charge in [0.05, 0.1) is 10.7 Å². The van der Waals surface area contributed by atoms with Gasteiger partial charge in [-0.25, -0.2) is 4.98 Å². The minimum atomic E-state index is 0.176. The first-order valence-electron chi connectivity index (χ1n) is 9.21. The van der Waals surface area contributed by atoms with Crippen molar-refractivity contribution in [2.75, 3.05) is 19.6 Å². The molecule has 0 unspecified atom stereocenters. The van der Waals surface area contributed by atoms with Gasteiger partial charge in [0.1, 0.15) is 0 Å². The van der Waals surface area contributed by atoms with Crippen molar-refractivity contribution in [2.45, 2.75) is 39.0 Å². The number of rotatable bonds is 7. The molecule has 3 rings (SSSR count). The molecule has 1 aromatic heterocycles. The lowest BCUT2D eigenvalue weighted by molar-refractivity contribution is -0.121. The summed E-state index contributed by atoms with van der Waals surface area (Å²) in [7, 11) is 0. The monoisotopic (exact) mass is 357 g/mol. The van der Waals surface area contributed by atoms with E-state index in [1.165, 1.54) is 17.7 Å². The topological polar surface area (TPSA) is 54.0 Å². The minimum absolute atomic E-state index is 0.176. The largest absolute Gasteiger partial charge is 0.356 e. The average molecular weight is 358 g/mol. The van der Waals surface area contributed by atoms with Gasteiger partial charge >= 0.3 is 0 Å². The molecule has 5 heteroatoms. The Labute approximate surface area is 154 Å². The van der Waals surface area contributed by atoms with Gasteiger partial charge < -0.3 is 10.6 Å². The number of aryl methyl sites for hydroxylation is 1. The van der Waals surface area contributed by atoms with Crippen molar-refractivity contribution >= 4 is 17.2 Å². The molecule has 1 saturated heterocycles. The third-order valence-corrected chi connectivity index (χ3v) is 5.82. The number of piperidine rings is 1. The number of thiazole rings is 1. The smallest absolute Gasteiger partial charge is 0.220 e. The molecular weight excluding hydrogens is 330 g/mol. The molecule has 1 fully saturated rings. The highest BCUT2D eigenvalue weighted by molar-refractivity contribution is 7.12. The third kappa shape index (κ3) is 5.38. The van der Waals surface area contributed by atoms with E-state index in [9.17, 15) is 4.79 Å². The molecular formula is C20H27N3OS. The van der Waals surface area contributed by atoms with Crippen LogP contribution in [0, 0.1) is 12.8 Å². The summed E-state index contributed by atoms with van der Waals surface area (Å²) in [4.78, 5) is 18.0. The number of nitrogens with one attached hydrogen (secondary N) is 2. The highest BCUT2D eigenvalue weighted by atomic mass is 32.1. The summed E-state index contributed by atoms with van der Waals surface area (Å²) in [6.45, 7) is 4.98. The Morgan fingerprint density at radius 2 is 2.04 bits per heavy atom. The Balaban J connectivity index is 1.42. The maximum absolute atomic E-state index is 12.0. The van der Waals surface area contributed by atoms with Crippen LogP contribution in [0.1, 0.15) is 35.6 Å². The summed E-state index contributed by atoms with van der Waals surface area (Å²) >= 11 is 1.73. The fourth-order valence-electron chi connectivity index (χ4n) is 3.32. The molecule has 2 aromatic rings. The Hall–Kier alpha value is -1.72. The van der Waals surface area contributed by atoms with Crippen LogP contribution in [0.5, 0.6) is 0 Å². The summed E-state index contributed by atoms with van der Waals surface area (Å²) in [6.07, 6.45) is 4.87. The van der Waals surface area contributed by atoms with E-state index in [1.807, 2.05) is 18.2 Å². The van der Waals surface area contributed by atoms with E-state index in [2.05, 4.69) is 29.7 Å². The molecule has 0 radical (unpaired) electrons. The molecule has 0 aliphatic carbocycles. The molecule has 25 heavy (non-hydrogen) atoms. The van der Waals surface area contributed by atoms with E-state index in [-0.39, 0.29) is 5.91 Å². The highest BCUT2D eigenvalue weighted by Gasteiger charge is 2.14. The van der Waals surface area contributed by atoms with Crippen LogP contribution < -0.4 is 10.6 Å². The highest BCUT2D eigenvalue weighted by Crippen LogP contribution is 2.27. The van der Waals surface area contributed by atoms with E-state index in [1.54, 1.807) is 11.3 Å². The van der Waals surface area contributed by atoms with Crippen molar-refractivity contribution in [2.24, 2.45) is 5.92 Å². The van der Waals surface area contributed by atoms with Crippen molar-refractivity contribution in [3.63, 3.8) is 0 Å². The molecule has 0 atom stereocenters. The first kappa shape index (κ1) is 18.1. The number of nitrogens with zero attached hydrogens (tertiary/aromatic N) is 1. The lowest BCUT2D eigenvalue weighted by atomic mass is 9.93. The van der Waals surface area contributed by atoms with Gasteiger partial charge in [-0.15, -0.1) is 11.3 Å². The zero-order valence-corrected chi connectivity index (χ0v) is 15.7. The first-order chi connectivity index (χ1) is 12.2. The Kier molecular flexibility index (Phi) is 6.59. The van der Waals surface area contributed by atoms with Crippen molar-refractivity contribution < 1.29 is 4.79 Å². The normalized spacial score (nSPS) is 15.2. The Bertz CT molecular complexity index is 678. The zero-order chi connectivity index (χ0) is 17.5. The van der Waals surface area contributed by atoms with Crippen LogP contribution >= 0.6 is 11.3 Å². The maximum atomic E-state index is 12.0. The van der Waals surface area contributed by atoms with Crippen molar-refractivity contribution in [1.82, 2.24) is 15.6 Å². The maximum Gasteiger partial charge on any atom is 0.220 e. The molecule has 0 spiro atoms. The quantitative estimate of drug-likeness (QED) is 0.797. The van der Waals surface area contributed by atoms with Gasteiger partial charge in [-0.2, -0.15) is 0 Å². The summed E-state index contributed by atoms with van der Waals surface area (Å²) in [5.41, 5.74) is 2.23. The lowest BCUT2D eigenvalue weighted by Crippen LogP contribution is -2.30.